The van der Waals surface area contributed by atoms with Crippen LogP contribution in [0.5, 0.6) is 0 Å². The summed E-state index contributed by atoms with van der Waals surface area (Å²) in [6.07, 6.45) is 2.18. The Morgan fingerprint density at radius 2 is 2.33 bits per heavy atom. The van der Waals surface area contributed by atoms with Crippen LogP contribution in [0.3, 0.4) is 0 Å². The van der Waals surface area contributed by atoms with Crippen molar-refractivity contribution < 1.29 is 4.52 Å². The van der Waals surface area contributed by atoms with Gasteiger partial charge in [0.2, 0.25) is 0 Å². The summed E-state index contributed by atoms with van der Waals surface area (Å²) in [7, 11) is 0. The molecule has 18 heavy (non-hydrogen) atoms. The van der Waals surface area contributed by atoms with Crippen LogP contribution in [0, 0.1) is 0 Å². The Kier molecular flexibility index (Phi) is 2.89. The molecule has 0 amide bonds. The standard InChI is InChI=1S/C11H13N5O2/c17-9-4-3-8(14-15-9)11-13-10(16-18-11)7-2-1-5-12-6-7/h3-4,7,12H,1-2,5-6H2,(H,15,17). The lowest BCUT2D eigenvalue weighted by molar-refractivity contribution is 0.392. The number of nitrogens with one attached hydrogen (secondary N) is 2. The Labute approximate surface area is 103 Å². The Morgan fingerprint density at radius 3 is 3.06 bits per heavy atom. The van der Waals surface area contributed by atoms with Gasteiger partial charge in [-0.05, 0) is 25.5 Å². The molecule has 1 unspecified atom stereocenters. The van der Waals surface area contributed by atoms with Gasteiger partial charge < -0.3 is 9.84 Å². The first-order valence-electron chi connectivity index (χ1n) is 5.93. The molecule has 2 aromatic rings. The van der Waals surface area contributed by atoms with Crippen LogP contribution in [0.4, 0.5) is 0 Å². The lowest BCUT2D eigenvalue weighted by atomic mass is 9.99. The zero-order valence-corrected chi connectivity index (χ0v) is 9.72. The minimum atomic E-state index is -0.255. The fraction of sp³-hybridized carbons (Fsp3) is 0.455. The first kappa shape index (κ1) is 11.1. The monoisotopic (exact) mass is 247 g/mol. The molecule has 3 rings (SSSR count). The molecule has 0 spiro atoms. The molecule has 1 aliphatic heterocycles. The minimum Gasteiger partial charge on any atom is -0.332 e. The molecule has 7 nitrogen and oxygen atoms in total. The van der Waals surface area contributed by atoms with Crippen LogP contribution < -0.4 is 10.9 Å². The van der Waals surface area contributed by atoms with Crippen molar-refractivity contribution in [2.75, 3.05) is 13.1 Å². The van der Waals surface area contributed by atoms with Gasteiger partial charge in [-0.15, -0.1) is 0 Å². The summed E-state index contributed by atoms with van der Waals surface area (Å²) in [4.78, 5) is 15.2. The van der Waals surface area contributed by atoms with E-state index in [0.29, 0.717) is 23.3 Å². The summed E-state index contributed by atoms with van der Waals surface area (Å²) in [5.74, 6) is 1.33. The highest BCUT2D eigenvalue weighted by atomic mass is 16.5. The second-order valence-electron chi connectivity index (χ2n) is 4.31. The Morgan fingerprint density at radius 1 is 1.39 bits per heavy atom. The minimum absolute atomic E-state index is 0.255. The molecule has 1 aliphatic rings. The number of aromatic amines is 1. The van der Waals surface area contributed by atoms with Crippen LogP contribution in [0.1, 0.15) is 24.6 Å². The lowest BCUT2D eigenvalue weighted by Gasteiger charge is -2.19. The van der Waals surface area contributed by atoms with Gasteiger partial charge in [-0.25, -0.2) is 5.10 Å². The highest BCUT2D eigenvalue weighted by Gasteiger charge is 2.21. The van der Waals surface area contributed by atoms with Crippen molar-refractivity contribution in [3.8, 4) is 11.6 Å². The van der Waals surface area contributed by atoms with Crippen molar-refractivity contribution in [3.63, 3.8) is 0 Å². The predicted molar refractivity (Wildman–Crippen MR) is 63.0 cm³/mol. The largest absolute Gasteiger partial charge is 0.332 e. The molecule has 1 saturated heterocycles. The summed E-state index contributed by atoms with van der Waals surface area (Å²) < 4.78 is 5.17. The summed E-state index contributed by atoms with van der Waals surface area (Å²) >= 11 is 0. The number of aromatic nitrogens is 4. The summed E-state index contributed by atoms with van der Waals surface area (Å²) in [6, 6.07) is 2.95. The van der Waals surface area contributed by atoms with E-state index in [2.05, 4.69) is 25.7 Å². The van der Waals surface area contributed by atoms with Gasteiger partial charge in [0.25, 0.3) is 11.4 Å². The maximum atomic E-state index is 10.9. The van der Waals surface area contributed by atoms with Crippen molar-refractivity contribution in [2.24, 2.45) is 0 Å². The van der Waals surface area contributed by atoms with E-state index in [1.165, 1.54) is 6.07 Å². The molecule has 7 heteroatoms. The molecule has 1 atom stereocenters. The van der Waals surface area contributed by atoms with Crippen molar-refractivity contribution in [3.05, 3.63) is 28.3 Å². The van der Waals surface area contributed by atoms with Crippen LogP contribution >= 0.6 is 0 Å². The zero-order valence-electron chi connectivity index (χ0n) is 9.72. The molecule has 0 bridgehead atoms. The first-order chi connectivity index (χ1) is 8.83. The van der Waals surface area contributed by atoms with E-state index in [1.807, 2.05) is 0 Å². The predicted octanol–water partition coefficient (Wildman–Crippen LogP) is 0.287. The summed E-state index contributed by atoms with van der Waals surface area (Å²) in [5.41, 5.74) is 0.229. The fourth-order valence-electron chi connectivity index (χ4n) is 2.04. The van der Waals surface area contributed by atoms with E-state index in [0.717, 1.165) is 25.9 Å². The third kappa shape index (κ3) is 2.17. The van der Waals surface area contributed by atoms with Crippen molar-refractivity contribution in [1.29, 1.82) is 0 Å². The van der Waals surface area contributed by atoms with Crippen LogP contribution in [0.2, 0.25) is 0 Å². The Bertz CT molecular complexity index is 565. The Hall–Kier alpha value is -2.02. The van der Waals surface area contributed by atoms with Crippen LogP contribution in [0.15, 0.2) is 21.5 Å². The molecule has 2 aromatic heterocycles. The van der Waals surface area contributed by atoms with Gasteiger partial charge in [-0.1, -0.05) is 5.16 Å². The first-order valence-corrected chi connectivity index (χ1v) is 5.93. The van der Waals surface area contributed by atoms with E-state index >= 15 is 0 Å². The third-order valence-electron chi connectivity index (χ3n) is 3.00. The molecule has 3 heterocycles. The topological polar surface area (TPSA) is 96.7 Å². The van der Waals surface area contributed by atoms with Gasteiger partial charge in [0.1, 0.15) is 5.69 Å². The quantitative estimate of drug-likeness (QED) is 0.791. The number of piperidine rings is 1. The molecule has 0 aliphatic carbocycles. The van der Waals surface area contributed by atoms with Gasteiger partial charge in [0.15, 0.2) is 5.82 Å². The van der Waals surface area contributed by atoms with Crippen molar-refractivity contribution in [1.82, 2.24) is 25.7 Å². The average molecular weight is 247 g/mol. The maximum Gasteiger partial charge on any atom is 0.278 e. The van der Waals surface area contributed by atoms with Gasteiger partial charge in [-0.3, -0.25) is 4.79 Å². The summed E-state index contributed by atoms with van der Waals surface area (Å²) in [6.45, 7) is 1.92. The SMILES string of the molecule is O=c1ccc(-c2nc(C3CCCNC3)no2)n[nH]1. The maximum absolute atomic E-state index is 10.9. The molecule has 1 fully saturated rings. The van der Waals surface area contributed by atoms with Crippen LogP contribution in [-0.2, 0) is 0 Å². The number of H-pyrrole nitrogens is 1. The highest BCUT2D eigenvalue weighted by Crippen LogP contribution is 2.22. The molecule has 2 N–H and O–H groups in total. The second-order valence-corrected chi connectivity index (χ2v) is 4.31. The van der Waals surface area contributed by atoms with Crippen LogP contribution in [-0.4, -0.2) is 33.4 Å². The molecule has 0 radical (unpaired) electrons. The van der Waals surface area contributed by atoms with Crippen molar-refractivity contribution >= 4 is 0 Å². The zero-order chi connectivity index (χ0) is 12.4. The molecular formula is C11H13N5O2. The van der Waals surface area contributed by atoms with E-state index in [1.54, 1.807) is 6.07 Å². The highest BCUT2D eigenvalue weighted by molar-refractivity contribution is 5.44. The van der Waals surface area contributed by atoms with Crippen molar-refractivity contribution in [2.45, 2.75) is 18.8 Å². The Balaban J connectivity index is 1.84. The van der Waals surface area contributed by atoms with E-state index in [4.69, 9.17) is 4.52 Å². The number of rotatable bonds is 2. The van der Waals surface area contributed by atoms with E-state index in [-0.39, 0.29) is 5.56 Å². The average Bonchev–Trinajstić information content (AvgIpc) is 2.90. The van der Waals surface area contributed by atoms with E-state index in [9.17, 15) is 4.79 Å². The van der Waals surface area contributed by atoms with Crippen LogP contribution in [0.25, 0.3) is 11.6 Å². The fourth-order valence-corrected chi connectivity index (χ4v) is 2.04. The third-order valence-corrected chi connectivity index (χ3v) is 3.00. The second kappa shape index (κ2) is 4.69. The van der Waals surface area contributed by atoms with Gasteiger partial charge in [0, 0.05) is 18.5 Å². The molecular weight excluding hydrogens is 234 g/mol. The van der Waals surface area contributed by atoms with Gasteiger partial charge in [-0.2, -0.15) is 10.1 Å². The number of nitrogens with zero attached hydrogens (tertiary/aromatic N) is 3. The molecule has 94 valence electrons. The molecule has 0 saturated carbocycles. The molecule has 0 aromatic carbocycles. The van der Waals surface area contributed by atoms with Gasteiger partial charge in [0.05, 0.1) is 0 Å². The van der Waals surface area contributed by atoms with Gasteiger partial charge >= 0.3 is 0 Å². The normalized spacial score (nSPS) is 19.9. The lowest BCUT2D eigenvalue weighted by Crippen LogP contribution is -2.28. The summed E-state index contributed by atoms with van der Waals surface area (Å²) in [5, 5.41) is 13.5. The number of hydrogen-bond acceptors (Lipinski definition) is 6. The number of hydrogen-bond donors (Lipinski definition) is 2. The smallest absolute Gasteiger partial charge is 0.278 e. The van der Waals surface area contributed by atoms with E-state index < -0.39 is 0 Å².